The number of carbonyl (C=O) groups excluding carboxylic acids is 1. The summed E-state index contributed by atoms with van der Waals surface area (Å²) in [6.45, 7) is 0.704. The largest absolute Gasteiger partial charge is 0.396 e. The van der Waals surface area contributed by atoms with Gasteiger partial charge in [-0.05, 0) is 43.2 Å². The van der Waals surface area contributed by atoms with Crippen LogP contribution in [0, 0.1) is 23.2 Å². The van der Waals surface area contributed by atoms with Crippen molar-refractivity contribution < 1.29 is 14.7 Å². The molecule has 1 aromatic rings. The van der Waals surface area contributed by atoms with Gasteiger partial charge < -0.3 is 5.11 Å². The zero-order valence-corrected chi connectivity index (χ0v) is 13.0. The van der Waals surface area contributed by atoms with Crippen molar-refractivity contribution in [2.75, 3.05) is 13.2 Å². The van der Waals surface area contributed by atoms with Crippen molar-refractivity contribution in [3.63, 3.8) is 0 Å². The van der Waals surface area contributed by atoms with Gasteiger partial charge in [-0.3, -0.25) is 14.6 Å². The van der Waals surface area contributed by atoms with Gasteiger partial charge in [-0.15, -0.1) is 0 Å². The molecule has 1 aliphatic carbocycles. The smallest absolute Gasteiger partial charge is 0.249 e. The van der Waals surface area contributed by atoms with Crippen LogP contribution in [0.5, 0.6) is 0 Å². The van der Waals surface area contributed by atoms with Gasteiger partial charge in [0.2, 0.25) is 5.91 Å². The summed E-state index contributed by atoms with van der Waals surface area (Å²) in [6, 6.07) is 3.68. The molecule has 2 aliphatic rings. The molecule has 23 heavy (non-hydrogen) atoms. The lowest BCUT2D eigenvalue weighted by molar-refractivity contribution is -0.183. The summed E-state index contributed by atoms with van der Waals surface area (Å²) in [6.07, 6.45) is 7.30. The quantitative estimate of drug-likeness (QED) is 0.921. The van der Waals surface area contributed by atoms with Gasteiger partial charge in [0, 0.05) is 31.3 Å². The van der Waals surface area contributed by atoms with Crippen LogP contribution in [0.3, 0.4) is 0 Å². The number of amides is 1. The molecule has 1 aromatic heterocycles. The van der Waals surface area contributed by atoms with Crippen molar-refractivity contribution >= 4 is 5.91 Å². The van der Waals surface area contributed by atoms with Crippen LogP contribution in [0.2, 0.25) is 0 Å². The Morgan fingerprint density at radius 2 is 2.13 bits per heavy atom. The number of nitriles is 1. The van der Waals surface area contributed by atoms with Gasteiger partial charge in [-0.2, -0.15) is 5.26 Å². The molecule has 6 heteroatoms. The molecule has 1 atom stereocenters. The van der Waals surface area contributed by atoms with Gasteiger partial charge in [0.05, 0.1) is 18.2 Å². The molecular weight excluding hydrogens is 294 g/mol. The van der Waals surface area contributed by atoms with Crippen LogP contribution >= 0.6 is 0 Å². The Morgan fingerprint density at radius 3 is 2.83 bits per heavy atom. The van der Waals surface area contributed by atoms with Crippen molar-refractivity contribution in [3.05, 3.63) is 29.6 Å². The highest BCUT2D eigenvalue weighted by Gasteiger charge is 2.37. The van der Waals surface area contributed by atoms with Crippen LogP contribution in [0.25, 0.3) is 0 Å². The molecule has 1 N–H and O–H groups in total. The third-order valence-electron chi connectivity index (χ3n) is 4.85. The van der Waals surface area contributed by atoms with E-state index >= 15 is 0 Å². The summed E-state index contributed by atoms with van der Waals surface area (Å²) in [7, 11) is 0. The number of hydrogen-bond donors (Lipinski definition) is 1. The lowest BCUT2D eigenvalue weighted by atomic mass is 9.82. The number of pyridine rings is 1. The fourth-order valence-electron chi connectivity index (χ4n) is 3.46. The summed E-state index contributed by atoms with van der Waals surface area (Å²) in [5.74, 6) is 0.308. The number of hydrogen-bond acceptors (Lipinski definition) is 5. The molecule has 0 spiro atoms. The van der Waals surface area contributed by atoms with Crippen molar-refractivity contribution in [1.29, 1.82) is 5.26 Å². The Morgan fingerprint density at radius 1 is 1.35 bits per heavy atom. The highest BCUT2D eigenvalue weighted by Crippen LogP contribution is 2.36. The van der Waals surface area contributed by atoms with Crippen molar-refractivity contribution in [1.82, 2.24) is 10.0 Å². The third kappa shape index (κ3) is 3.36. The maximum atomic E-state index is 12.8. The summed E-state index contributed by atoms with van der Waals surface area (Å²) >= 11 is 0. The number of aliphatic hydroxyl groups is 1. The van der Waals surface area contributed by atoms with Crippen LogP contribution in [0.15, 0.2) is 18.5 Å². The summed E-state index contributed by atoms with van der Waals surface area (Å²) in [4.78, 5) is 22.5. The van der Waals surface area contributed by atoms with E-state index in [1.807, 2.05) is 0 Å². The van der Waals surface area contributed by atoms with Crippen LogP contribution in [-0.2, 0) is 9.63 Å². The van der Waals surface area contributed by atoms with E-state index in [-0.39, 0.29) is 24.5 Å². The number of aliphatic hydroxyl groups excluding tert-OH is 1. The van der Waals surface area contributed by atoms with E-state index in [0.29, 0.717) is 24.5 Å². The van der Waals surface area contributed by atoms with Gasteiger partial charge in [-0.1, -0.05) is 0 Å². The minimum Gasteiger partial charge on any atom is -0.396 e. The SMILES string of the molecule is N#Cc1cncc([C@@H]2CCON2C(=O)C2CCC(CO)CC2)c1. The second-order valence-electron chi connectivity index (χ2n) is 6.32. The molecule has 2 heterocycles. The average molecular weight is 315 g/mol. The Balaban J connectivity index is 1.71. The summed E-state index contributed by atoms with van der Waals surface area (Å²) in [5, 5.41) is 19.7. The molecule has 1 amide bonds. The van der Waals surface area contributed by atoms with Gasteiger partial charge in [0.15, 0.2) is 0 Å². The molecule has 6 nitrogen and oxygen atoms in total. The molecule has 1 saturated carbocycles. The highest BCUT2D eigenvalue weighted by atomic mass is 16.7. The van der Waals surface area contributed by atoms with Crippen molar-refractivity contribution in [3.8, 4) is 6.07 Å². The first-order chi connectivity index (χ1) is 11.2. The Kier molecular flexibility index (Phi) is 4.89. The topological polar surface area (TPSA) is 86.5 Å². The van der Waals surface area contributed by atoms with E-state index in [9.17, 15) is 9.90 Å². The molecule has 1 saturated heterocycles. The number of nitrogens with zero attached hydrogens (tertiary/aromatic N) is 3. The predicted molar refractivity (Wildman–Crippen MR) is 81.6 cm³/mol. The minimum atomic E-state index is -0.168. The van der Waals surface area contributed by atoms with Crippen molar-refractivity contribution in [2.45, 2.75) is 38.1 Å². The standard InChI is InChI=1S/C17H21N3O3/c18-8-13-7-15(10-19-9-13)16-5-6-23-20(16)17(22)14-3-1-12(11-21)2-4-14/h7,9-10,12,14,16,21H,1-6,11H2/t12?,14?,16-/m0/s1. The third-order valence-corrected chi connectivity index (χ3v) is 4.85. The normalized spacial score (nSPS) is 27.7. The monoisotopic (exact) mass is 315 g/mol. The first-order valence-electron chi connectivity index (χ1n) is 8.14. The average Bonchev–Trinajstić information content (AvgIpc) is 3.11. The maximum absolute atomic E-state index is 12.8. The molecule has 0 bridgehead atoms. The first-order valence-corrected chi connectivity index (χ1v) is 8.14. The number of hydroxylamine groups is 2. The van der Waals surface area contributed by atoms with Gasteiger partial charge in [0.1, 0.15) is 6.07 Å². The second-order valence-corrected chi connectivity index (χ2v) is 6.32. The molecule has 0 unspecified atom stereocenters. The first kappa shape index (κ1) is 15.9. The van der Waals surface area contributed by atoms with E-state index in [0.717, 1.165) is 31.2 Å². The van der Waals surface area contributed by atoms with Crippen molar-refractivity contribution in [2.24, 2.45) is 11.8 Å². The number of aromatic nitrogens is 1. The Bertz CT molecular complexity index is 605. The van der Waals surface area contributed by atoms with Crippen LogP contribution in [-0.4, -0.2) is 34.3 Å². The van der Waals surface area contributed by atoms with Gasteiger partial charge in [-0.25, -0.2) is 5.06 Å². The van der Waals surface area contributed by atoms with Crippen LogP contribution < -0.4 is 0 Å². The fourth-order valence-corrected chi connectivity index (χ4v) is 3.46. The maximum Gasteiger partial charge on any atom is 0.249 e. The van der Waals surface area contributed by atoms with E-state index in [2.05, 4.69) is 11.1 Å². The summed E-state index contributed by atoms with van der Waals surface area (Å²) in [5.41, 5.74) is 1.34. The van der Waals surface area contributed by atoms with Crippen LogP contribution in [0.4, 0.5) is 0 Å². The van der Waals surface area contributed by atoms with E-state index < -0.39 is 0 Å². The van der Waals surface area contributed by atoms with Gasteiger partial charge >= 0.3 is 0 Å². The zero-order chi connectivity index (χ0) is 16.2. The number of rotatable bonds is 3. The molecule has 122 valence electrons. The van der Waals surface area contributed by atoms with Gasteiger partial charge in [0.25, 0.3) is 0 Å². The second kappa shape index (κ2) is 7.07. The highest BCUT2D eigenvalue weighted by molar-refractivity contribution is 5.78. The molecule has 0 aromatic carbocycles. The van der Waals surface area contributed by atoms with E-state index in [4.69, 9.17) is 10.1 Å². The Hall–Kier alpha value is -1.97. The van der Waals surface area contributed by atoms with E-state index in [1.54, 1.807) is 12.3 Å². The Labute approximate surface area is 135 Å². The molecular formula is C17H21N3O3. The van der Waals surface area contributed by atoms with E-state index in [1.165, 1.54) is 11.3 Å². The number of carbonyl (C=O) groups is 1. The molecule has 3 rings (SSSR count). The molecule has 0 radical (unpaired) electrons. The lowest BCUT2D eigenvalue weighted by Gasteiger charge is -2.31. The molecule has 2 fully saturated rings. The zero-order valence-electron chi connectivity index (χ0n) is 13.0. The van der Waals surface area contributed by atoms with Crippen LogP contribution in [0.1, 0.15) is 49.3 Å². The summed E-state index contributed by atoms with van der Waals surface area (Å²) < 4.78 is 0. The lowest BCUT2D eigenvalue weighted by Crippen LogP contribution is -2.37. The molecule has 1 aliphatic heterocycles. The predicted octanol–water partition coefficient (Wildman–Crippen LogP) is 1.96. The fraction of sp³-hybridized carbons (Fsp3) is 0.588. The minimum absolute atomic E-state index is 0.0197.